The standard InChI is InChI=1S/C51H32N2S/c1-2-19-39(20-3-1)53-48-26-9-8-25-47(48)52-51(53)37-18-10-17-35(29-37)44-31-38(43-24-12-16-34-14-5-7-22-41(34)43)32-46-45-30-36(27-28-49(45)54-50(44)46)42-23-11-15-33-13-4-6-21-40(33)42/h1-32H. The zero-order chi connectivity index (χ0) is 35.6. The molecule has 0 unspecified atom stereocenters. The smallest absolute Gasteiger partial charge is 0.145 e. The zero-order valence-electron chi connectivity index (χ0n) is 29.3. The highest BCUT2D eigenvalue weighted by molar-refractivity contribution is 7.26. The van der Waals surface area contributed by atoms with Crippen LogP contribution in [-0.2, 0) is 0 Å². The van der Waals surface area contributed by atoms with Crippen LogP contribution in [0.2, 0.25) is 0 Å². The minimum atomic E-state index is 0.932. The van der Waals surface area contributed by atoms with Gasteiger partial charge in [0.2, 0.25) is 0 Å². The van der Waals surface area contributed by atoms with Gasteiger partial charge in [-0.15, -0.1) is 11.3 Å². The number of fused-ring (bicyclic) bond motifs is 6. The number of aromatic nitrogens is 2. The van der Waals surface area contributed by atoms with Gasteiger partial charge in [0.15, 0.2) is 0 Å². The van der Waals surface area contributed by atoms with Crippen molar-refractivity contribution in [2.24, 2.45) is 0 Å². The van der Waals surface area contributed by atoms with Crippen LogP contribution in [0.4, 0.5) is 0 Å². The van der Waals surface area contributed by atoms with E-state index in [0.717, 1.165) is 28.1 Å². The number of thiophene rings is 1. The van der Waals surface area contributed by atoms with Crippen LogP contribution in [0.15, 0.2) is 194 Å². The van der Waals surface area contributed by atoms with E-state index in [1.807, 2.05) is 11.3 Å². The second-order valence-electron chi connectivity index (χ2n) is 13.9. The van der Waals surface area contributed by atoms with Crippen LogP contribution in [0, 0.1) is 0 Å². The number of imidazole rings is 1. The van der Waals surface area contributed by atoms with Crippen LogP contribution in [0.1, 0.15) is 0 Å². The summed E-state index contributed by atoms with van der Waals surface area (Å²) in [4.78, 5) is 5.22. The van der Waals surface area contributed by atoms with Gasteiger partial charge in [0.25, 0.3) is 0 Å². The lowest BCUT2D eigenvalue weighted by Crippen LogP contribution is -1.97. The summed E-state index contributed by atoms with van der Waals surface area (Å²) in [7, 11) is 0. The fraction of sp³-hybridized carbons (Fsp3) is 0. The quantitative estimate of drug-likeness (QED) is 0.174. The van der Waals surface area contributed by atoms with E-state index >= 15 is 0 Å². The Hall–Kier alpha value is -6.81. The minimum absolute atomic E-state index is 0.932. The van der Waals surface area contributed by atoms with E-state index in [9.17, 15) is 0 Å². The first-order chi connectivity index (χ1) is 26.8. The molecule has 0 radical (unpaired) electrons. The lowest BCUT2D eigenvalue weighted by molar-refractivity contribution is 1.10. The molecular weight excluding hydrogens is 673 g/mol. The Kier molecular flexibility index (Phi) is 7.07. The Balaban J connectivity index is 1.17. The lowest BCUT2D eigenvalue weighted by Gasteiger charge is -2.13. The maximum absolute atomic E-state index is 5.22. The molecular formula is C51H32N2S. The molecule has 0 saturated heterocycles. The molecule has 0 bridgehead atoms. The number of para-hydroxylation sites is 3. The van der Waals surface area contributed by atoms with E-state index in [-0.39, 0.29) is 0 Å². The van der Waals surface area contributed by atoms with E-state index in [4.69, 9.17) is 4.98 Å². The Morgan fingerprint density at radius 2 is 1.00 bits per heavy atom. The number of nitrogens with zero attached hydrogens (tertiary/aromatic N) is 2. The summed E-state index contributed by atoms with van der Waals surface area (Å²) in [5.74, 6) is 0.932. The summed E-state index contributed by atoms with van der Waals surface area (Å²) in [6.07, 6.45) is 0. The fourth-order valence-electron chi connectivity index (χ4n) is 8.25. The van der Waals surface area contributed by atoms with Gasteiger partial charge < -0.3 is 0 Å². The lowest BCUT2D eigenvalue weighted by atomic mass is 9.92. The first-order valence-electron chi connectivity index (χ1n) is 18.4. The summed E-state index contributed by atoms with van der Waals surface area (Å²) in [5, 5.41) is 7.59. The predicted molar refractivity (Wildman–Crippen MR) is 231 cm³/mol. The summed E-state index contributed by atoms with van der Waals surface area (Å²) in [5.41, 5.74) is 11.6. The molecule has 2 nitrogen and oxygen atoms in total. The van der Waals surface area contributed by atoms with Crippen molar-refractivity contribution < 1.29 is 0 Å². The summed E-state index contributed by atoms with van der Waals surface area (Å²) in [6.45, 7) is 0. The maximum Gasteiger partial charge on any atom is 0.145 e. The number of benzene rings is 9. The van der Waals surface area contributed by atoms with Crippen LogP contribution >= 0.6 is 11.3 Å². The molecule has 2 heterocycles. The Morgan fingerprint density at radius 1 is 0.389 bits per heavy atom. The highest BCUT2D eigenvalue weighted by atomic mass is 32.1. The normalized spacial score (nSPS) is 11.7. The summed E-state index contributed by atoms with van der Waals surface area (Å²) < 4.78 is 4.86. The topological polar surface area (TPSA) is 17.8 Å². The zero-order valence-corrected chi connectivity index (χ0v) is 30.1. The molecule has 3 heteroatoms. The number of hydrogen-bond acceptors (Lipinski definition) is 2. The van der Waals surface area contributed by atoms with Crippen molar-refractivity contribution in [2.45, 2.75) is 0 Å². The van der Waals surface area contributed by atoms with Gasteiger partial charge in [-0.3, -0.25) is 4.57 Å². The molecule has 252 valence electrons. The first kappa shape index (κ1) is 30.8. The molecule has 0 aliphatic heterocycles. The van der Waals surface area contributed by atoms with Gasteiger partial charge in [-0.1, -0.05) is 140 Å². The van der Waals surface area contributed by atoms with Crippen molar-refractivity contribution in [2.75, 3.05) is 0 Å². The van der Waals surface area contributed by atoms with Gasteiger partial charge in [-0.25, -0.2) is 4.98 Å². The van der Waals surface area contributed by atoms with Crippen LogP contribution in [-0.4, -0.2) is 9.55 Å². The molecule has 2 aromatic heterocycles. The average Bonchev–Trinajstić information content (AvgIpc) is 3.82. The molecule has 0 fully saturated rings. The number of rotatable bonds is 5. The number of hydrogen-bond donors (Lipinski definition) is 0. The Morgan fingerprint density at radius 3 is 1.80 bits per heavy atom. The fourth-order valence-corrected chi connectivity index (χ4v) is 9.45. The third kappa shape index (κ3) is 4.97. The highest BCUT2D eigenvalue weighted by Gasteiger charge is 2.19. The average molecular weight is 705 g/mol. The molecule has 9 aromatic carbocycles. The second-order valence-corrected chi connectivity index (χ2v) is 15.0. The van der Waals surface area contributed by atoms with Crippen molar-refractivity contribution in [3.8, 4) is 50.5 Å². The molecule has 54 heavy (non-hydrogen) atoms. The largest absolute Gasteiger partial charge is 0.292 e. The van der Waals surface area contributed by atoms with Gasteiger partial charge in [0.05, 0.1) is 11.0 Å². The highest BCUT2D eigenvalue weighted by Crippen LogP contribution is 2.46. The molecule has 11 aromatic rings. The van der Waals surface area contributed by atoms with Gasteiger partial charge in [-0.05, 0) is 104 Å². The van der Waals surface area contributed by atoms with Crippen molar-refractivity contribution >= 4 is 64.1 Å². The van der Waals surface area contributed by atoms with Gasteiger partial charge >= 0.3 is 0 Å². The molecule has 0 aliphatic carbocycles. The molecule has 0 amide bonds. The van der Waals surface area contributed by atoms with E-state index in [1.165, 1.54) is 75.1 Å². The maximum atomic E-state index is 5.22. The molecule has 0 saturated carbocycles. The molecule has 0 spiro atoms. The van der Waals surface area contributed by atoms with Gasteiger partial charge in [0.1, 0.15) is 5.82 Å². The third-order valence-corrected chi connectivity index (χ3v) is 12.0. The monoisotopic (exact) mass is 704 g/mol. The molecule has 11 rings (SSSR count). The van der Waals surface area contributed by atoms with Crippen molar-refractivity contribution in [3.05, 3.63) is 194 Å². The van der Waals surface area contributed by atoms with E-state index in [1.54, 1.807) is 0 Å². The molecule has 0 aliphatic rings. The molecule has 0 N–H and O–H groups in total. The minimum Gasteiger partial charge on any atom is -0.292 e. The van der Waals surface area contributed by atoms with Crippen LogP contribution in [0.3, 0.4) is 0 Å². The van der Waals surface area contributed by atoms with Crippen LogP contribution < -0.4 is 0 Å². The first-order valence-corrected chi connectivity index (χ1v) is 19.2. The van der Waals surface area contributed by atoms with Crippen LogP contribution in [0.5, 0.6) is 0 Å². The predicted octanol–water partition coefficient (Wildman–Crippen LogP) is 14.4. The summed E-state index contributed by atoms with van der Waals surface area (Å²) in [6, 6.07) is 70.4. The second kappa shape index (κ2) is 12.4. The van der Waals surface area contributed by atoms with E-state index < -0.39 is 0 Å². The van der Waals surface area contributed by atoms with Gasteiger partial charge in [-0.2, -0.15) is 0 Å². The van der Waals surface area contributed by atoms with Crippen molar-refractivity contribution in [1.29, 1.82) is 0 Å². The van der Waals surface area contributed by atoms with Crippen molar-refractivity contribution in [1.82, 2.24) is 9.55 Å². The SMILES string of the molecule is c1ccc(-n2c(-c3cccc(-c4cc(-c5cccc6ccccc56)cc5c4sc4ccc(-c6cccc7ccccc67)cc45)c3)nc3ccccc32)cc1. The Bertz CT molecular complexity index is 3210. The Labute approximate surface area is 316 Å². The van der Waals surface area contributed by atoms with E-state index in [0.29, 0.717) is 0 Å². The summed E-state index contributed by atoms with van der Waals surface area (Å²) >= 11 is 1.88. The van der Waals surface area contributed by atoms with E-state index in [2.05, 4.69) is 199 Å². The van der Waals surface area contributed by atoms with Gasteiger partial charge in [0, 0.05) is 37.0 Å². The van der Waals surface area contributed by atoms with Crippen molar-refractivity contribution in [3.63, 3.8) is 0 Å². The third-order valence-electron chi connectivity index (χ3n) is 10.8. The molecule has 0 atom stereocenters. The van der Waals surface area contributed by atoms with Crippen LogP contribution in [0.25, 0.3) is 103 Å².